The molecule has 1 rings (SSSR count). The van der Waals surface area contributed by atoms with Gasteiger partial charge in [0, 0.05) is 25.7 Å². The fraction of sp³-hybridized carbons (Fsp3) is 1.00. The molecule has 102 valence electrons. The Bertz CT molecular complexity index is 189. The minimum Gasteiger partial charge on any atom is -0.373 e. The summed E-state index contributed by atoms with van der Waals surface area (Å²) in [6.07, 6.45) is 4.70. The summed E-state index contributed by atoms with van der Waals surface area (Å²) in [7, 11) is 0. The topological polar surface area (TPSA) is 24.5 Å². The van der Waals surface area contributed by atoms with E-state index >= 15 is 0 Å². The monoisotopic (exact) mass is 242 g/mol. The maximum absolute atomic E-state index is 5.76. The summed E-state index contributed by atoms with van der Waals surface area (Å²) in [5.74, 6) is 0. The van der Waals surface area contributed by atoms with Crippen molar-refractivity contribution in [3.8, 4) is 0 Å². The molecule has 0 aromatic rings. The molecule has 3 atom stereocenters. The van der Waals surface area contributed by atoms with Gasteiger partial charge in [-0.15, -0.1) is 0 Å². The Morgan fingerprint density at radius 2 is 1.88 bits per heavy atom. The van der Waals surface area contributed by atoms with Crippen molar-refractivity contribution in [3.63, 3.8) is 0 Å². The first-order valence-corrected chi connectivity index (χ1v) is 7.23. The Labute approximate surface area is 107 Å². The maximum Gasteiger partial charge on any atom is 0.0678 e. The second-order valence-corrected chi connectivity index (χ2v) is 5.47. The molecule has 17 heavy (non-hydrogen) atoms. The highest BCUT2D eigenvalue weighted by molar-refractivity contribution is 4.78. The van der Waals surface area contributed by atoms with Crippen LogP contribution in [0.2, 0.25) is 0 Å². The van der Waals surface area contributed by atoms with E-state index in [1.54, 1.807) is 0 Å². The van der Waals surface area contributed by atoms with Gasteiger partial charge < -0.3 is 10.1 Å². The largest absolute Gasteiger partial charge is 0.373 e. The molecule has 0 spiro atoms. The zero-order valence-electron chi connectivity index (χ0n) is 12.0. The van der Waals surface area contributed by atoms with Crippen LogP contribution in [-0.4, -0.2) is 49.3 Å². The summed E-state index contributed by atoms with van der Waals surface area (Å²) in [6.45, 7) is 13.3. The van der Waals surface area contributed by atoms with Gasteiger partial charge in [-0.2, -0.15) is 0 Å². The minimum atomic E-state index is 0.376. The van der Waals surface area contributed by atoms with Gasteiger partial charge in [-0.05, 0) is 33.7 Å². The van der Waals surface area contributed by atoms with E-state index in [1.807, 2.05) is 0 Å². The van der Waals surface area contributed by atoms with Crippen LogP contribution in [0, 0.1) is 0 Å². The van der Waals surface area contributed by atoms with Gasteiger partial charge in [0.2, 0.25) is 0 Å². The van der Waals surface area contributed by atoms with Crippen molar-refractivity contribution in [2.75, 3.05) is 26.2 Å². The number of nitrogens with zero attached hydrogens (tertiary/aromatic N) is 1. The molecule has 0 amide bonds. The Morgan fingerprint density at radius 1 is 1.24 bits per heavy atom. The molecule has 0 saturated carbocycles. The molecule has 0 radical (unpaired) electrons. The standard InChI is InChI=1S/C14H30N2O/c1-5-6-7-8-15-9-12(2)16-10-13(3)17-14(4)11-16/h12-15H,5-11H2,1-4H3. The van der Waals surface area contributed by atoms with Crippen LogP contribution in [0.1, 0.15) is 47.0 Å². The fourth-order valence-corrected chi connectivity index (χ4v) is 2.52. The van der Waals surface area contributed by atoms with Crippen LogP contribution in [0.15, 0.2) is 0 Å². The number of ether oxygens (including phenoxy) is 1. The highest BCUT2D eigenvalue weighted by Gasteiger charge is 2.25. The van der Waals surface area contributed by atoms with Crippen molar-refractivity contribution in [1.29, 1.82) is 0 Å². The molecule has 0 bridgehead atoms. The van der Waals surface area contributed by atoms with Crippen molar-refractivity contribution in [1.82, 2.24) is 10.2 Å². The average molecular weight is 242 g/mol. The molecular formula is C14H30N2O. The van der Waals surface area contributed by atoms with Crippen molar-refractivity contribution >= 4 is 0 Å². The molecule has 3 heteroatoms. The Balaban J connectivity index is 2.15. The molecule has 0 aromatic carbocycles. The second kappa shape index (κ2) is 8.06. The number of hydrogen-bond acceptors (Lipinski definition) is 3. The van der Waals surface area contributed by atoms with Crippen molar-refractivity contribution < 1.29 is 4.74 Å². The number of hydrogen-bond donors (Lipinski definition) is 1. The van der Waals surface area contributed by atoms with Crippen LogP contribution in [0.3, 0.4) is 0 Å². The lowest BCUT2D eigenvalue weighted by molar-refractivity contribution is -0.0780. The van der Waals surface area contributed by atoms with E-state index in [0.29, 0.717) is 18.2 Å². The summed E-state index contributed by atoms with van der Waals surface area (Å²) < 4.78 is 5.76. The Kier molecular flexibility index (Phi) is 7.09. The van der Waals surface area contributed by atoms with Gasteiger partial charge in [-0.3, -0.25) is 4.90 Å². The van der Waals surface area contributed by atoms with Crippen LogP contribution in [-0.2, 0) is 4.74 Å². The molecule has 1 aliphatic rings. The first kappa shape index (κ1) is 14.9. The highest BCUT2D eigenvalue weighted by atomic mass is 16.5. The SMILES string of the molecule is CCCCCNCC(C)N1CC(C)OC(C)C1. The van der Waals surface area contributed by atoms with Gasteiger partial charge in [0.05, 0.1) is 12.2 Å². The smallest absolute Gasteiger partial charge is 0.0678 e. The van der Waals surface area contributed by atoms with Gasteiger partial charge in [0.25, 0.3) is 0 Å². The van der Waals surface area contributed by atoms with E-state index < -0.39 is 0 Å². The number of unbranched alkanes of at least 4 members (excludes halogenated alkanes) is 2. The lowest BCUT2D eigenvalue weighted by Gasteiger charge is -2.39. The van der Waals surface area contributed by atoms with Crippen LogP contribution in [0.5, 0.6) is 0 Å². The first-order valence-electron chi connectivity index (χ1n) is 7.23. The Hall–Kier alpha value is -0.120. The molecule has 1 aliphatic heterocycles. The van der Waals surface area contributed by atoms with E-state index in [1.165, 1.54) is 19.3 Å². The molecule has 1 N–H and O–H groups in total. The zero-order chi connectivity index (χ0) is 12.7. The summed E-state index contributed by atoms with van der Waals surface area (Å²) in [5.41, 5.74) is 0. The lowest BCUT2D eigenvalue weighted by atomic mass is 10.1. The zero-order valence-corrected chi connectivity index (χ0v) is 12.0. The van der Waals surface area contributed by atoms with Crippen LogP contribution < -0.4 is 5.32 Å². The van der Waals surface area contributed by atoms with Gasteiger partial charge >= 0.3 is 0 Å². The minimum absolute atomic E-state index is 0.376. The summed E-state index contributed by atoms with van der Waals surface area (Å²) in [6, 6.07) is 0.616. The van der Waals surface area contributed by atoms with E-state index in [4.69, 9.17) is 4.74 Å². The van der Waals surface area contributed by atoms with Gasteiger partial charge in [-0.1, -0.05) is 19.8 Å². The number of morpholine rings is 1. The van der Waals surface area contributed by atoms with E-state index in [2.05, 4.69) is 37.9 Å². The number of nitrogens with one attached hydrogen (secondary N) is 1. The summed E-state index contributed by atoms with van der Waals surface area (Å²) in [5, 5.41) is 3.56. The third kappa shape index (κ3) is 5.84. The van der Waals surface area contributed by atoms with Gasteiger partial charge in [0.15, 0.2) is 0 Å². The van der Waals surface area contributed by atoms with Crippen LogP contribution >= 0.6 is 0 Å². The summed E-state index contributed by atoms with van der Waals surface area (Å²) >= 11 is 0. The van der Waals surface area contributed by atoms with E-state index in [0.717, 1.165) is 26.2 Å². The lowest BCUT2D eigenvalue weighted by Crippen LogP contribution is -2.51. The molecule has 1 fully saturated rings. The fourth-order valence-electron chi connectivity index (χ4n) is 2.52. The summed E-state index contributed by atoms with van der Waals surface area (Å²) in [4.78, 5) is 2.55. The van der Waals surface area contributed by atoms with Crippen molar-refractivity contribution in [2.45, 2.75) is 65.2 Å². The van der Waals surface area contributed by atoms with Crippen LogP contribution in [0.4, 0.5) is 0 Å². The molecule has 1 saturated heterocycles. The highest BCUT2D eigenvalue weighted by Crippen LogP contribution is 2.13. The van der Waals surface area contributed by atoms with E-state index in [9.17, 15) is 0 Å². The molecule has 3 unspecified atom stereocenters. The molecule has 0 aliphatic carbocycles. The first-order chi connectivity index (χ1) is 8.13. The maximum atomic E-state index is 5.76. The van der Waals surface area contributed by atoms with Gasteiger partial charge in [-0.25, -0.2) is 0 Å². The van der Waals surface area contributed by atoms with Crippen LogP contribution in [0.25, 0.3) is 0 Å². The third-order valence-corrected chi connectivity index (χ3v) is 3.47. The predicted octanol–water partition coefficient (Wildman–Crippen LogP) is 2.26. The molecular weight excluding hydrogens is 212 g/mol. The predicted molar refractivity (Wildman–Crippen MR) is 73.4 cm³/mol. The van der Waals surface area contributed by atoms with Gasteiger partial charge in [0.1, 0.15) is 0 Å². The second-order valence-electron chi connectivity index (χ2n) is 5.47. The molecule has 0 aromatic heterocycles. The third-order valence-electron chi connectivity index (χ3n) is 3.47. The average Bonchev–Trinajstić information content (AvgIpc) is 2.27. The normalized spacial score (nSPS) is 28.2. The van der Waals surface area contributed by atoms with Crippen molar-refractivity contribution in [2.24, 2.45) is 0 Å². The van der Waals surface area contributed by atoms with Crippen molar-refractivity contribution in [3.05, 3.63) is 0 Å². The molecule has 3 nitrogen and oxygen atoms in total. The number of rotatable bonds is 7. The molecule has 1 heterocycles. The quantitative estimate of drug-likeness (QED) is 0.693. The Morgan fingerprint density at radius 3 is 2.47 bits per heavy atom. The van der Waals surface area contributed by atoms with E-state index in [-0.39, 0.29) is 0 Å².